The van der Waals surface area contributed by atoms with Crippen molar-refractivity contribution in [3.8, 4) is 0 Å². The average molecular weight is 265 g/mol. The summed E-state index contributed by atoms with van der Waals surface area (Å²) < 4.78 is 0. The highest BCUT2D eigenvalue weighted by atomic mass is 35.5. The maximum Gasteiger partial charge on any atom is 0.322 e. The largest absolute Gasteiger partial charge is 0.480 e. The Morgan fingerprint density at radius 3 is 2.83 bits per heavy atom. The Hall–Kier alpha value is -2.14. The van der Waals surface area contributed by atoms with Crippen molar-refractivity contribution in [1.82, 2.24) is 10.3 Å². The van der Waals surface area contributed by atoms with Crippen molar-refractivity contribution >= 4 is 34.2 Å². The van der Waals surface area contributed by atoms with Crippen molar-refractivity contribution in [3.63, 3.8) is 0 Å². The second kappa shape index (κ2) is 5.01. The van der Waals surface area contributed by atoms with Crippen molar-refractivity contribution in [2.45, 2.75) is 0 Å². The smallest absolute Gasteiger partial charge is 0.322 e. The summed E-state index contributed by atoms with van der Waals surface area (Å²) in [4.78, 5) is 26.2. The van der Waals surface area contributed by atoms with E-state index in [0.717, 1.165) is 5.39 Å². The molecule has 1 amide bonds. The van der Waals surface area contributed by atoms with Gasteiger partial charge in [0.1, 0.15) is 12.2 Å². The Morgan fingerprint density at radius 2 is 2.11 bits per heavy atom. The first-order chi connectivity index (χ1) is 8.59. The molecule has 0 saturated carbocycles. The maximum atomic E-state index is 11.8. The Bertz CT molecular complexity index is 622. The van der Waals surface area contributed by atoms with Gasteiger partial charge in [0.2, 0.25) is 0 Å². The predicted molar refractivity (Wildman–Crippen MR) is 66.7 cm³/mol. The van der Waals surface area contributed by atoms with Gasteiger partial charge in [-0.15, -0.1) is 0 Å². The third-order valence-corrected chi connectivity index (χ3v) is 2.67. The van der Waals surface area contributed by atoms with Crippen LogP contribution < -0.4 is 5.32 Å². The number of fused-ring (bicyclic) bond motifs is 1. The number of nitrogens with zero attached hydrogens (tertiary/aromatic N) is 1. The van der Waals surface area contributed by atoms with Crippen LogP contribution in [-0.2, 0) is 4.79 Å². The summed E-state index contributed by atoms with van der Waals surface area (Å²) >= 11 is 6.03. The van der Waals surface area contributed by atoms with Crippen LogP contribution in [0.3, 0.4) is 0 Å². The quantitative estimate of drug-likeness (QED) is 0.884. The topological polar surface area (TPSA) is 79.3 Å². The van der Waals surface area contributed by atoms with Gasteiger partial charge in [0.05, 0.1) is 5.02 Å². The maximum absolute atomic E-state index is 11.8. The molecular formula is C12H9ClN2O3. The number of carboxylic acids is 1. The molecule has 92 valence electrons. The lowest BCUT2D eigenvalue weighted by Gasteiger charge is -2.06. The number of carboxylic acid groups (broad SMARTS) is 1. The van der Waals surface area contributed by atoms with E-state index >= 15 is 0 Å². The molecule has 1 heterocycles. The molecule has 0 fully saturated rings. The van der Waals surface area contributed by atoms with E-state index in [9.17, 15) is 9.59 Å². The average Bonchev–Trinajstić information content (AvgIpc) is 2.35. The van der Waals surface area contributed by atoms with Gasteiger partial charge in [-0.25, -0.2) is 0 Å². The van der Waals surface area contributed by atoms with E-state index in [-0.39, 0.29) is 5.69 Å². The molecule has 0 bridgehead atoms. The minimum absolute atomic E-state index is 0.124. The lowest BCUT2D eigenvalue weighted by atomic mass is 10.1. The molecule has 2 rings (SSSR count). The van der Waals surface area contributed by atoms with E-state index in [1.54, 1.807) is 24.3 Å². The fraction of sp³-hybridized carbons (Fsp3) is 0.0833. The highest BCUT2D eigenvalue weighted by molar-refractivity contribution is 6.36. The van der Waals surface area contributed by atoms with Gasteiger partial charge in [0.25, 0.3) is 5.91 Å². The molecule has 5 nitrogen and oxygen atoms in total. The zero-order chi connectivity index (χ0) is 13.1. The number of carbonyl (C=O) groups is 2. The van der Waals surface area contributed by atoms with Crippen LogP contribution in [0.1, 0.15) is 10.5 Å². The molecule has 0 aliphatic heterocycles. The highest BCUT2D eigenvalue weighted by Gasteiger charge is 2.14. The zero-order valence-electron chi connectivity index (χ0n) is 9.18. The molecule has 18 heavy (non-hydrogen) atoms. The molecular weight excluding hydrogens is 256 g/mol. The fourth-order valence-corrected chi connectivity index (χ4v) is 1.87. The molecule has 0 aliphatic rings. The number of carbonyl (C=O) groups excluding carboxylic acids is 1. The van der Waals surface area contributed by atoms with Crippen LogP contribution in [0.25, 0.3) is 10.8 Å². The van der Waals surface area contributed by atoms with Crippen molar-refractivity contribution in [2.75, 3.05) is 6.54 Å². The first kappa shape index (κ1) is 12.3. The van der Waals surface area contributed by atoms with Crippen LogP contribution in [0.5, 0.6) is 0 Å². The number of hydrogen-bond acceptors (Lipinski definition) is 3. The summed E-state index contributed by atoms with van der Waals surface area (Å²) in [5.41, 5.74) is 0.124. The Kier molecular flexibility index (Phi) is 3.43. The van der Waals surface area contributed by atoms with Gasteiger partial charge in [-0.05, 0) is 17.5 Å². The molecule has 0 radical (unpaired) electrons. The Labute approximate surface area is 107 Å². The van der Waals surface area contributed by atoms with Crippen molar-refractivity contribution in [2.24, 2.45) is 0 Å². The number of hydrogen-bond donors (Lipinski definition) is 2. The predicted octanol–water partition coefficient (Wildman–Crippen LogP) is 1.70. The number of aliphatic carboxylic acids is 1. The normalized spacial score (nSPS) is 10.3. The summed E-state index contributed by atoms with van der Waals surface area (Å²) in [6, 6.07) is 6.95. The zero-order valence-corrected chi connectivity index (χ0v) is 9.94. The molecule has 2 N–H and O–H groups in total. The number of nitrogens with one attached hydrogen (secondary N) is 1. The second-order valence-corrected chi connectivity index (χ2v) is 3.98. The standard InChI is InChI=1S/C12H9ClN2O3/c13-8-3-1-2-7-4-5-14-11(10(7)8)12(18)15-6-9(16)17/h1-5H,6H2,(H,15,18)(H,16,17). The van der Waals surface area contributed by atoms with Crippen molar-refractivity contribution in [3.05, 3.63) is 41.2 Å². The van der Waals surface area contributed by atoms with Crippen LogP contribution >= 0.6 is 11.6 Å². The number of halogens is 1. The Balaban J connectivity index is 2.44. The minimum atomic E-state index is -1.12. The lowest BCUT2D eigenvalue weighted by Crippen LogP contribution is -2.30. The van der Waals surface area contributed by atoms with Crippen LogP contribution in [0.2, 0.25) is 5.02 Å². The fourth-order valence-electron chi connectivity index (χ4n) is 1.60. The van der Waals surface area contributed by atoms with Crippen LogP contribution in [0.15, 0.2) is 30.5 Å². The first-order valence-electron chi connectivity index (χ1n) is 5.13. The van der Waals surface area contributed by atoms with E-state index in [1.807, 2.05) is 0 Å². The van der Waals surface area contributed by atoms with E-state index in [0.29, 0.717) is 10.4 Å². The summed E-state index contributed by atoms with van der Waals surface area (Å²) in [7, 11) is 0. The molecule has 1 aromatic heterocycles. The summed E-state index contributed by atoms with van der Waals surface area (Å²) in [6.45, 7) is -0.457. The van der Waals surface area contributed by atoms with Gasteiger partial charge in [-0.3, -0.25) is 14.6 Å². The molecule has 2 aromatic rings. The highest BCUT2D eigenvalue weighted by Crippen LogP contribution is 2.25. The third kappa shape index (κ3) is 2.41. The summed E-state index contributed by atoms with van der Waals surface area (Å²) in [6.07, 6.45) is 1.48. The molecule has 1 aromatic carbocycles. The molecule has 0 spiro atoms. The van der Waals surface area contributed by atoms with Crippen molar-refractivity contribution < 1.29 is 14.7 Å². The van der Waals surface area contributed by atoms with Gasteiger partial charge in [0, 0.05) is 11.6 Å². The summed E-state index contributed by atoms with van der Waals surface area (Å²) in [5, 5.41) is 12.5. The van der Waals surface area contributed by atoms with Gasteiger partial charge < -0.3 is 10.4 Å². The van der Waals surface area contributed by atoms with Crippen LogP contribution in [0, 0.1) is 0 Å². The molecule has 0 aliphatic carbocycles. The summed E-state index contributed by atoms with van der Waals surface area (Å²) in [5.74, 6) is -1.68. The van der Waals surface area contributed by atoms with Crippen molar-refractivity contribution in [1.29, 1.82) is 0 Å². The van der Waals surface area contributed by atoms with E-state index < -0.39 is 18.4 Å². The molecule has 0 atom stereocenters. The second-order valence-electron chi connectivity index (χ2n) is 3.57. The first-order valence-corrected chi connectivity index (χ1v) is 5.50. The minimum Gasteiger partial charge on any atom is -0.480 e. The molecule has 6 heteroatoms. The lowest BCUT2D eigenvalue weighted by molar-refractivity contribution is -0.135. The number of amides is 1. The molecule has 0 unspecified atom stereocenters. The van der Waals surface area contributed by atoms with Gasteiger partial charge in [-0.1, -0.05) is 23.7 Å². The van der Waals surface area contributed by atoms with Crippen LogP contribution in [-0.4, -0.2) is 28.5 Å². The van der Waals surface area contributed by atoms with Gasteiger partial charge >= 0.3 is 5.97 Å². The van der Waals surface area contributed by atoms with Gasteiger partial charge in [0.15, 0.2) is 0 Å². The SMILES string of the molecule is O=C(O)CNC(=O)c1nccc2cccc(Cl)c12. The number of aromatic nitrogens is 1. The monoisotopic (exact) mass is 264 g/mol. The number of benzene rings is 1. The van der Waals surface area contributed by atoms with E-state index in [2.05, 4.69) is 10.3 Å². The van der Waals surface area contributed by atoms with E-state index in [4.69, 9.17) is 16.7 Å². The van der Waals surface area contributed by atoms with Crippen LogP contribution in [0.4, 0.5) is 0 Å². The molecule has 0 saturated heterocycles. The number of rotatable bonds is 3. The van der Waals surface area contributed by atoms with Gasteiger partial charge in [-0.2, -0.15) is 0 Å². The number of pyridine rings is 1. The third-order valence-electron chi connectivity index (χ3n) is 2.36. The van der Waals surface area contributed by atoms with E-state index in [1.165, 1.54) is 6.20 Å². The Morgan fingerprint density at radius 1 is 1.33 bits per heavy atom.